The van der Waals surface area contributed by atoms with Crippen LogP contribution in [0.5, 0.6) is 0 Å². The van der Waals surface area contributed by atoms with E-state index in [2.05, 4.69) is 4.98 Å². The number of hydrogen-bond donors (Lipinski definition) is 2. The number of aromatic nitrogens is 1. The van der Waals surface area contributed by atoms with Gasteiger partial charge in [0.15, 0.2) is 5.76 Å². The maximum absolute atomic E-state index is 9.11. The van der Waals surface area contributed by atoms with E-state index in [4.69, 9.17) is 26.2 Å². The molecule has 0 aliphatic heterocycles. The first-order chi connectivity index (χ1) is 10.6. The molecule has 0 aliphatic rings. The maximum atomic E-state index is 9.11. The van der Waals surface area contributed by atoms with Crippen molar-refractivity contribution in [3.63, 3.8) is 0 Å². The van der Waals surface area contributed by atoms with Gasteiger partial charge in [0.25, 0.3) is 0 Å². The van der Waals surface area contributed by atoms with Crippen LogP contribution >= 0.6 is 11.6 Å². The molecular weight excluding hydrogens is 304 g/mol. The number of benzene rings is 1. The molecule has 0 spiro atoms. The summed E-state index contributed by atoms with van der Waals surface area (Å²) in [5.41, 5.74) is 1.76. The van der Waals surface area contributed by atoms with Crippen molar-refractivity contribution in [3.05, 3.63) is 40.9 Å². The molecule has 0 amide bonds. The van der Waals surface area contributed by atoms with Gasteiger partial charge in [0.2, 0.25) is 5.89 Å². The van der Waals surface area contributed by atoms with Crippen LogP contribution < -0.4 is 0 Å². The summed E-state index contributed by atoms with van der Waals surface area (Å²) < 4.78 is 5.86. The molecule has 2 rings (SSSR count). The van der Waals surface area contributed by atoms with Gasteiger partial charge < -0.3 is 14.6 Å². The molecule has 1 aromatic carbocycles. The molecule has 120 valence electrons. The fourth-order valence-electron chi connectivity index (χ4n) is 2.29. The van der Waals surface area contributed by atoms with Crippen molar-refractivity contribution in [2.45, 2.75) is 19.9 Å². The molecular formula is C16H21ClN2O3. The van der Waals surface area contributed by atoms with E-state index in [1.54, 1.807) is 0 Å². The Hall–Kier alpha value is -1.40. The SMILES string of the molecule is Cc1nc(CN(CCO)CCCO)oc1-c1ccc(Cl)cc1. The number of nitrogens with zero attached hydrogens (tertiary/aromatic N) is 2. The monoisotopic (exact) mass is 324 g/mol. The zero-order chi connectivity index (χ0) is 15.9. The number of aryl methyl sites for hydroxylation is 1. The molecule has 0 aliphatic carbocycles. The predicted octanol–water partition coefficient (Wildman–Crippen LogP) is 2.48. The summed E-state index contributed by atoms with van der Waals surface area (Å²) in [5.74, 6) is 1.34. The van der Waals surface area contributed by atoms with Gasteiger partial charge in [-0.2, -0.15) is 0 Å². The van der Waals surface area contributed by atoms with E-state index in [0.29, 0.717) is 37.0 Å². The third kappa shape index (κ3) is 4.55. The summed E-state index contributed by atoms with van der Waals surface area (Å²) in [5, 5.41) is 18.7. The molecule has 22 heavy (non-hydrogen) atoms. The van der Waals surface area contributed by atoms with E-state index >= 15 is 0 Å². The van der Waals surface area contributed by atoms with Gasteiger partial charge in [-0.1, -0.05) is 11.6 Å². The first kappa shape index (κ1) is 17.0. The van der Waals surface area contributed by atoms with E-state index in [0.717, 1.165) is 17.0 Å². The number of hydrogen-bond acceptors (Lipinski definition) is 5. The lowest BCUT2D eigenvalue weighted by Gasteiger charge is -2.18. The summed E-state index contributed by atoms with van der Waals surface area (Å²) >= 11 is 5.90. The maximum Gasteiger partial charge on any atom is 0.209 e. The molecule has 2 N–H and O–H groups in total. The van der Waals surface area contributed by atoms with E-state index < -0.39 is 0 Å². The van der Waals surface area contributed by atoms with Crippen molar-refractivity contribution in [2.24, 2.45) is 0 Å². The molecule has 6 heteroatoms. The van der Waals surface area contributed by atoms with Crippen LogP contribution in [-0.2, 0) is 6.54 Å². The van der Waals surface area contributed by atoms with Gasteiger partial charge in [-0.05, 0) is 37.6 Å². The highest BCUT2D eigenvalue weighted by molar-refractivity contribution is 6.30. The average Bonchev–Trinajstić information content (AvgIpc) is 2.86. The summed E-state index contributed by atoms with van der Waals surface area (Å²) in [4.78, 5) is 6.46. The van der Waals surface area contributed by atoms with Crippen molar-refractivity contribution in [2.75, 3.05) is 26.3 Å². The topological polar surface area (TPSA) is 69.7 Å². The Kier molecular flexibility index (Phi) is 6.39. The number of rotatable bonds is 8. The quantitative estimate of drug-likeness (QED) is 0.780. The number of oxazole rings is 1. The van der Waals surface area contributed by atoms with Crippen LogP contribution in [0.25, 0.3) is 11.3 Å². The van der Waals surface area contributed by atoms with Crippen LogP contribution in [0.15, 0.2) is 28.7 Å². The number of aliphatic hydroxyl groups excluding tert-OH is 2. The fraction of sp³-hybridized carbons (Fsp3) is 0.438. The zero-order valence-corrected chi connectivity index (χ0v) is 13.4. The van der Waals surface area contributed by atoms with Crippen molar-refractivity contribution in [1.82, 2.24) is 9.88 Å². The van der Waals surface area contributed by atoms with Crippen LogP contribution in [0, 0.1) is 6.92 Å². The molecule has 0 saturated carbocycles. The van der Waals surface area contributed by atoms with E-state index in [-0.39, 0.29) is 13.2 Å². The van der Waals surface area contributed by atoms with E-state index in [1.165, 1.54) is 0 Å². The highest BCUT2D eigenvalue weighted by atomic mass is 35.5. The minimum atomic E-state index is 0.0646. The summed E-state index contributed by atoms with van der Waals surface area (Å²) in [6, 6.07) is 7.43. The third-order valence-electron chi connectivity index (χ3n) is 3.35. The van der Waals surface area contributed by atoms with Crippen molar-refractivity contribution >= 4 is 11.6 Å². The first-order valence-electron chi connectivity index (χ1n) is 7.30. The summed E-state index contributed by atoms with van der Waals surface area (Å²) in [6.45, 7) is 3.82. The normalized spacial score (nSPS) is 11.3. The van der Waals surface area contributed by atoms with Gasteiger partial charge in [0.05, 0.1) is 18.8 Å². The van der Waals surface area contributed by atoms with Gasteiger partial charge >= 0.3 is 0 Å². The van der Waals surface area contributed by atoms with Crippen LogP contribution in [0.4, 0.5) is 0 Å². The lowest BCUT2D eigenvalue weighted by Crippen LogP contribution is -2.28. The van der Waals surface area contributed by atoms with Crippen LogP contribution in [0.1, 0.15) is 18.0 Å². The van der Waals surface area contributed by atoms with Crippen LogP contribution in [0.3, 0.4) is 0 Å². The Balaban J connectivity index is 2.12. The van der Waals surface area contributed by atoms with Gasteiger partial charge in [-0.15, -0.1) is 0 Å². The molecule has 0 radical (unpaired) electrons. The van der Waals surface area contributed by atoms with Crippen molar-refractivity contribution in [3.8, 4) is 11.3 Å². The zero-order valence-electron chi connectivity index (χ0n) is 12.6. The second kappa shape index (κ2) is 8.29. The Bertz CT molecular complexity index is 584. The van der Waals surface area contributed by atoms with Crippen LogP contribution in [0.2, 0.25) is 5.02 Å². The molecule has 0 fully saturated rings. The Labute approximate surface area is 135 Å². The molecule has 0 bridgehead atoms. The Morgan fingerprint density at radius 2 is 1.86 bits per heavy atom. The molecule has 5 nitrogen and oxygen atoms in total. The molecule has 0 atom stereocenters. The lowest BCUT2D eigenvalue weighted by molar-refractivity contribution is 0.164. The van der Waals surface area contributed by atoms with E-state index in [1.807, 2.05) is 36.1 Å². The fourth-order valence-corrected chi connectivity index (χ4v) is 2.41. The Morgan fingerprint density at radius 3 is 2.50 bits per heavy atom. The smallest absolute Gasteiger partial charge is 0.209 e. The average molecular weight is 325 g/mol. The molecule has 0 unspecified atom stereocenters. The predicted molar refractivity (Wildman–Crippen MR) is 85.8 cm³/mol. The summed E-state index contributed by atoms with van der Waals surface area (Å²) in [7, 11) is 0. The van der Waals surface area contributed by atoms with Crippen LogP contribution in [-0.4, -0.2) is 46.4 Å². The largest absolute Gasteiger partial charge is 0.439 e. The minimum absolute atomic E-state index is 0.0646. The lowest BCUT2D eigenvalue weighted by atomic mass is 10.1. The number of halogens is 1. The van der Waals surface area contributed by atoms with Crippen molar-refractivity contribution < 1.29 is 14.6 Å². The highest BCUT2D eigenvalue weighted by Crippen LogP contribution is 2.26. The molecule has 2 aromatic rings. The first-order valence-corrected chi connectivity index (χ1v) is 7.68. The molecule has 0 saturated heterocycles. The van der Waals surface area contributed by atoms with Gasteiger partial charge in [-0.3, -0.25) is 4.90 Å². The molecule has 1 heterocycles. The summed E-state index contributed by atoms with van der Waals surface area (Å²) in [6.07, 6.45) is 0.656. The third-order valence-corrected chi connectivity index (χ3v) is 3.61. The second-order valence-corrected chi connectivity index (χ2v) is 5.54. The van der Waals surface area contributed by atoms with Crippen molar-refractivity contribution in [1.29, 1.82) is 0 Å². The standard InChI is InChI=1S/C16H21ClN2O3/c1-12-16(13-3-5-14(17)6-4-13)22-15(18-12)11-19(8-10-21)7-2-9-20/h3-6,20-21H,2,7-11H2,1H3. The number of aliphatic hydroxyl groups is 2. The van der Waals surface area contributed by atoms with Gasteiger partial charge in [0, 0.05) is 30.3 Å². The minimum Gasteiger partial charge on any atom is -0.439 e. The van der Waals surface area contributed by atoms with Gasteiger partial charge in [-0.25, -0.2) is 4.98 Å². The highest BCUT2D eigenvalue weighted by Gasteiger charge is 2.14. The van der Waals surface area contributed by atoms with Gasteiger partial charge in [0.1, 0.15) is 0 Å². The second-order valence-electron chi connectivity index (χ2n) is 5.11. The van der Waals surface area contributed by atoms with E-state index in [9.17, 15) is 0 Å². The Morgan fingerprint density at radius 1 is 1.14 bits per heavy atom. The molecule has 1 aromatic heterocycles.